The molecule has 1 fully saturated rings. The molecule has 0 spiro atoms. The van der Waals surface area contributed by atoms with E-state index in [4.69, 9.17) is 16.9 Å². The van der Waals surface area contributed by atoms with E-state index >= 15 is 0 Å². The minimum Gasteiger partial charge on any atom is -0.493 e. The maximum absolute atomic E-state index is 14.7. The quantitative estimate of drug-likeness (QED) is 0.338. The van der Waals surface area contributed by atoms with Crippen LogP contribution in [0.25, 0.3) is 5.69 Å². The van der Waals surface area contributed by atoms with Gasteiger partial charge in [0.2, 0.25) is 5.88 Å². The molecule has 254 valence electrons. The molecular weight excluding hydrogens is 701 g/mol. The zero-order valence-electron chi connectivity index (χ0n) is 21.8. The van der Waals surface area contributed by atoms with E-state index in [-0.39, 0.29) is 21.8 Å². The van der Waals surface area contributed by atoms with E-state index in [1.54, 1.807) is 6.07 Å². The van der Waals surface area contributed by atoms with Crippen molar-refractivity contribution in [2.75, 3.05) is 6.54 Å². The molecule has 0 radical (unpaired) electrons. The Labute approximate surface area is 248 Å². The summed E-state index contributed by atoms with van der Waals surface area (Å²) in [5.74, 6) is -53.6. The summed E-state index contributed by atoms with van der Waals surface area (Å²) in [6, 6.07) is 0.297. The fraction of sp³-hybridized carbons (Fsp3) is 0.522. The number of carbonyl (C=O) groups excluding carboxylic acids is 1. The number of carbonyl (C=O) groups is 1. The van der Waals surface area contributed by atoms with Crippen molar-refractivity contribution in [1.82, 2.24) is 14.0 Å². The molecular formula is C23H12ClF15N4O3. The molecule has 2 bridgehead atoms. The number of aromatic hydroxyl groups is 1. The summed E-state index contributed by atoms with van der Waals surface area (Å²) in [7, 11) is 0. The molecule has 0 saturated carbocycles. The predicted molar refractivity (Wildman–Crippen MR) is 120 cm³/mol. The van der Waals surface area contributed by atoms with Gasteiger partial charge in [0.1, 0.15) is 11.8 Å². The van der Waals surface area contributed by atoms with Gasteiger partial charge in [0.05, 0.1) is 28.4 Å². The predicted octanol–water partition coefficient (Wildman–Crippen LogP) is 6.38. The molecule has 46 heavy (non-hydrogen) atoms. The number of hydrogen-bond donors (Lipinski definition) is 1. The molecule has 1 aromatic carbocycles. The molecule has 3 heterocycles. The van der Waals surface area contributed by atoms with Crippen LogP contribution in [0.5, 0.6) is 5.88 Å². The molecule has 2 atom stereocenters. The second-order valence-electron chi connectivity index (χ2n) is 10.2. The summed E-state index contributed by atoms with van der Waals surface area (Å²) >= 11 is 6.03. The van der Waals surface area contributed by atoms with Crippen LogP contribution in [0, 0.1) is 18.3 Å². The molecule has 23 heteroatoms. The van der Waals surface area contributed by atoms with Gasteiger partial charge in [0, 0.05) is 6.54 Å². The first-order valence-electron chi connectivity index (χ1n) is 12.0. The van der Waals surface area contributed by atoms with Crippen molar-refractivity contribution in [3.05, 3.63) is 44.5 Å². The summed E-state index contributed by atoms with van der Waals surface area (Å²) in [4.78, 5) is 25.2. The molecule has 0 aliphatic carbocycles. The number of fused-ring (bicyclic) bond motifs is 5. The highest BCUT2D eigenvalue weighted by Gasteiger charge is 2.94. The Morgan fingerprint density at radius 3 is 1.89 bits per heavy atom. The first-order valence-corrected chi connectivity index (χ1v) is 12.4. The molecule has 1 amide bonds. The fourth-order valence-electron chi connectivity index (χ4n) is 5.17. The monoisotopic (exact) mass is 712 g/mol. The van der Waals surface area contributed by atoms with Gasteiger partial charge in [-0.05, 0) is 31.0 Å². The number of imidazole rings is 1. The average molecular weight is 713 g/mol. The zero-order chi connectivity index (χ0) is 35.5. The number of alkyl halides is 15. The van der Waals surface area contributed by atoms with Gasteiger partial charge >= 0.3 is 53.3 Å². The van der Waals surface area contributed by atoms with Crippen LogP contribution in [-0.4, -0.2) is 73.3 Å². The Kier molecular flexibility index (Phi) is 7.53. The Morgan fingerprint density at radius 1 is 0.891 bits per heavy atom. The molecule has 2 aromatic rings. The van der Waals surface area contributed by atoms with Gasteiger partial charge in [0.15, 0.2) is 0 Å². The van der Waals surface area contributed by atoms with Crippen LogP contribution in [0.4, 0.5) is 65.9 Å². The molecule has 1 N–H and O–H groups in total. The van der Waals surface area contributed by atoms with Crippen LogP contribution in [0.2, 0.25) is 5.02 Å². The van der Waals surface area contributed by atoms with E-state index < -0.39 is 94.8 Å². The van der Waals surface area contributed by atoms with Crippen LogP contribution in [-0.2, 0) is 4.79 Å². The third-order valence-electron chi connectivity index (χ3n) is 7.63. The van der Waals surface area contributed by atoms with Gasteiger partial charge in [-0.3, -0.25) is 9.36 Å². The summed E-state index contributed by atoms with van der Waals surface area (Å²) in [5.41, 5.74) is -2.32. The molecule has 4 rings (SSSR count). The number of halogens is 16. The molecule has 2 aliphatic rings. The first-order chi connectivity index (χ1) is 20.6. The van der Waals surface area contributed by atoms with Crippen molar-refractivity contribution in [3.8, 4) is 17.6 Å². The lowest BCUT2D eigenvalue weighted by Crippen LogP contribution is -2.74. The Morgan fingerprint density at radius 2 is 1.39 bits per heavy atom. The van der Waals surface area contributed by atoms with Crippen LogP contribution in [0.15, 0.2) is 16.9 Å². The van der Waals surface area contributed by atoms with E-state index in [0.717, 1.165) is 12.1 Å². The minimum atomic E-state index is -8.56. The molecule has 1 unspecified atom stereocenters. The highest BCUT2D eigenvalue weighted by molar-refractivity contribution is 6.32. The van der Waals surface area contributed by atoms with Crippen LogP contribution < -0.4 is 5.69 Å². The van der Waals surface area contributed by atoms with Crippen molar-refractivity contribution >= 4 is 17.5 Å². The van der Waals surface area contributed by atoms with E-state index in [0.29, 0.717) is 9.13 Å². The lowest BCUT2D eigenvalue weighted by Gasteiger charge is -2.42. The zero-order valence-corrected chi connectivity index (χ0v) is 22.6. The maximum atomic E-state index is 14.7. The lowest BCUT2D eigenvalue weighted by molar-refractivity contribution is -0.450. The topological polar surface area (TPSA) is 91.3 Å². The van der Waals surface area contributed by atoms with Gasteiger partial charge < -0.3 is 10.0 Å². The number of nitrogens with zero attached hydrogens (tertiary/aromatic N) is 4. The largest absolute Gasteiger partial charge is 0.493 e. The van der Waals surface area contributed by atoms with E-state index in [2.05, 4.69) is 0 Å². The van der Waals surface area contributed by atoms with Crippen molar-refractivity contribution in [2.45, 2.75) is 67.1 Å². The summed E-state index contributed by atoms with van der Waals surface area (Å²) < 4.78 is 206. The molecule has 7 nitrogen and oxygen atoms in total. The highest BCUT2D eigenvalue weighted by Crippen LogP contribution is 2.63. The third-order valence-corrected chi connectivity index (χ3v) is 8.12. The number of aromatic nitrogens is 2. The summed E-state index contributed by atoms with van der Waals surface area (Å²) in [6.07, 6.45) is -8.43. The Bertz CT molecular complexity index is 1720. The second-order valence-corrected chi connectivity index (χ2v) is 10.6. The maximum Gasteiger partial charge on any atom is 0.460 e. The van der Waals surface area contributed by atoms with Crippen LogP contribution in [0.3, 0.4) is 0 Å². The highest BCUT2D eigenvalue weighted by atomic mass is 35.5. The third kappa shape index (κ3) is 4.08. The van der Waals surface area contributed by atoms with Crippen molar-refractivity contribution in [1.29, 1.82) is 5.26 Å². The summed E-state index contributed by atoms with van der Waals surface area (Å²) in [5, 5.41) is 19.6. The smallest absolute Gasteiger partial charge is 0.460 e. The Balaban J connectivity index is 1.75. The van der Waals surface area contributed by atoms with E-state index in [1.165, 1.54) is 6.92 Å². The van der Waals surface area contributed by atoms with Gasteiger partial charge in [-0.2, -0.15) is 71.1 Å². The van der Waals surface area contributed by atoms with Gasteiger partial charge in [-0.15, -0.1) is 0 Å². The Hall–Kier alpha value is -3.77. The van der Waals surface area contributed by atoms with Crippen LogP contribution in [0.1, 0.15) is 35.3 Å². The molecule has 2 aliphatic heterocycles. The SMILES string of the molecule is Cc1c(-n2c(O)c3n(c2=O)[C@@H]2CC3N(C(=O)C(F)(F)C(F)(F)C(F)(F)C(F)(F)C(F)(F)C(F)(F)C(F)(F)F)C2)ccc(C#N)c1Cl. The minimum absolute atomic E-state index is 0.0232. The number of hydrogen-bond acceptors (Lipinski definition) is 4. The molecule has 1 aromatic heterocycles. The number of amides is 1. The average Bonchev–Trinajstić information content (AvgIpc) is 3.60. The van der Waals surface area contributed by atoms with Crippen molar-refractivity contribution in [3.63, 3.8) is 0 Å². The molecule has 1 saturated heterocycles. The van der Waals surface area contributed by atoms with Gasteiger partial charge in [-0.25, -0.2) is 9.36 Å². The lowest BCUT2D eigenvalue weighted by atomic mass is 9.90. The first kappa shape index (κ1) is 35.1. The fourth-order valence-corrected chi connectivity index (χ4v) is 5.37. The van der Waals surface area contributed by atoms with Crippen molar-refractivity contribution < 1.29 is 75.8 Å². The number of nitriles is 1. The van der Waals surface area contributed by atoms with Crippen molar-refractivity contribution in [2.24, 2.45) is 0 Å². The number of likely N-dealkylation sites (tertiary alicyclic amines) is 1. The normalized spacial score (nSPS) is 19.4. The number of rotatable bonds is 7. The van der Waals surface area contributed by atoms with E-state index in [1.807, 2.05) is 0 Å². The number of benzene rings is 1. The van der Waals surface area contributed by atoms with Gasteiger partial charge in [-0.1, -0.05) is 11.6 Å². The standard InChI is InChI=1S/C23H12ClF15N4O3/c1-7-10(3-2-8(5-40)12(7)24)43-14(44)13-11-4-9(42(13)16(43)46)6-41(11)15(45)17(25,26)18(27,28)19(29,30)20(31,32)21(33,34)22(35,36)23(37,38)39/h2-3,9,11,44H,4,6H2,1H3/t9-,11?/m1/s1. The van der Waals surface area contributed by atoms with Crippen LogP contribution >= 0.6 is 11.6 Å². The van der Waals surface area contributed by atoms with E-state index in [9.17, 15) is 80.6 Å². The second kappa shape index (κ2) is 9.87. The summed E-state index contributed by atoms with van der Waals surface area (Å²) in [6.45, 7) is 0.00715. The van der Waals surface area contributed by atoms with Gasteiger partial charge in [0.25, 0.3) is 0 Å².